The minimum Gasteiger partial charge on any atom is -0.370 e. The first kappa shape index (κ1) is 12.7. The second kappa shape index (κ2) is 5.66. The Morgan fingerprint density at radius 2 is 2.12 bits per heavy atom. The van der Waals surface area contributed by atoms with E-state index in [1.807, 2.05) is 13.0 Å². The van der Waals surface area contributed by atoms with E-state index in [4.69, 9.17) is 5.73 Å². The lowest BCUT2D eigenvalue weighted by Gasteiger charge is -2.20. The lowest BCUT2D eigenvalue weighted by atomic mass is 9.95. The average Bonchev–Trinajstić information content (AvgIpc) is 2.21. The predicted octanol–water partition coefficient (Wildman–Crippen LogP) is 1.83. The topological polar surface area (TPSA) is 55.1 Å². The fourth-order valence-corrected chi connectivity index (χ4v) is 1.89. The van der Waals surface area contributed by atoms with Gasteiger partial charge in [0.2, 0.25) is 5.91 Å². The van der Waals surface area contributed by atoms with Crippen molar-refractivity contribution in [2.75, 3.05) is 6.54 Å². The van der Waals surface area contributed by atoms with Crippen LogP contribution in [0.5, 0.6) is 0 Å². The molecule has 1 rings (SSSR count). The highest BCUT2D eigenvalue weighted by molar-refractivity contribution is 5.74. The molecule has 0 aromatic heterocycles. The van der Waals surface area contributed by atoms with Crippen LogP contribution >= 0.6 is 0 Å². The number of nitrogens with one attached hydrogen (secondary N) is 1. The maximum absolute atomic E-state index is 11.0. The van der Waals surface area contributed by atoms with Crippen LogP contribution in [0.4, 0.5) is 0 Å². The summed E-state index contributed by atoms with van der Waals surface area (Å²) in [5.41, 5.74) is 8.91. The fourth-order valence-electron chi connectivity index (χ4n) is 1.89. The van der Waals surface area contributed by atoms with E-state index in [0.29, 0.717) is 6.42 Å². The molecule has 0 radical (unpaired) electrons. The van der Waals surface area contributed by atoms with Crippen molar-refractivity contribution < 1.29 is 4.79 Å². The zero-order valence-electron chi connectivity index (χ0n) is 10.2. The second-order valence-electron chi connectivity index (χ2n) is 4.07. The molecule has 1 unspecified atom stereocenters. The van der Waals surface area contributed by atoms with Gasteiger partial charge in [0.15, 0.2) is 0 Å². The molecule has 1 aromatic rings. The molecule has 3 heteroatoms. The largest absolute Gasteiger partial charge is 0.370 e. The maximum Gasteiger partial charge on any atom is 0.219 e. The average molecular weight is 220 g/mol. The van der Waals surface area contributed by atoms with Crippen LogP contribution in [-0.2, 0) is 4.79 Å². The van der Waals surface area contributed by atoms with Crippen molar-refractivity contribution in [2.24, 2.45) is 5.73 Å². The molecule has 0 aliphatic carbocycles. The number of primary amides is 1. The number of nitrogens with two attached hydrogens (primary N) is 1. The molecule has 3 nitrogen and oxygen atoms in total. The summed E-state index contributed by atoms with van der Waals surface area (Å²) in [6, 6.07) is 6.18. The van der Waals surface area contributed by atoms with Crippen LogP contribution in [0.25, 0.3) is 0 Å². The van der Waals surface area contributed by atoms with Crippen molar-refractivity contribution in [1.29, 1.82) is 0 Å². The Kier molecular flexibility index (Phi) is 4.50. The van der Waals surface area contributed by atoms with Gasteiger partial charge in [0.25, 0.3) is 0 Å². The number of carbonyl (C=O) groups excluding carboxylic acids is 1. The van der Waals surface area contributed by atoms with E-state index in [0.717, 1.165) is 6.54 Å². The van der Waals surface area contributed by atoms with Crippen molar-refractivity contribution in [2.45, 2.75) is 33.2 Å². The highest BCUT2D eigenvalue weighted by Crippen LogP contribution is 2.22. The van der Waals surface area contributed by atoms with Crippen LogP contribution in [0.3, 0.4) is 0 Å². The lowest BCUT2D eigenvalue weighted by Crippen LogP contribution is -2.27. The van der Waals surface area contributed by atoms with Crippen LogP contribution in [0.1, 0.15) is 36.1 Å². The molecule has 0 aliphatic heterocycles. The number of benzene rings is 1. The van der Waals surface area contributed by atoms with Gasteiger partial charge in [0.05, 0.1) is 0 Å². The van der Waals surface area contributed by atoms with Crippen molar-refractivity contribution in [3.63, 3.8) is 0 Å². The van der Waals surface area contributed by atoms with Gasteiger partial charge in [-0.05, 0) is 37.1 Å². The third-order valence-corrected chi connectivity index (χ3v) is 2.88. The molecule has 0 spiro atoms. The van der Waals surface area contributed by atoms with Crippen molar-refractivity contribution in [3.05, 3.63) is 34.9 Å². The zero-order chi connectivity index (χ0) is 12.1. The molecular weight excluding hydrogens is 200 g/mol. The third-order valence-electron chi connectivity index (χ3n) is 2.88. The van der Waals surface area contributed by atoms with E-state index in [2.05, 4.69) is 31.3 Å². The number of rotatable bonds is 5. The van der Waals surface area contributed by atoms with Gasteiger partial charge in [-0.1, -0.05) is 25.1 Å². The predicted molar refractivity (Wildman–Crippen MR) is 66.1 cm³/mol. The highest BCUT2D eigenvalue weighted by Gasteiger charge is 2.15. The van der Waals surface area contributed by atoms with Gasteiger partial charge < -0.3 is 11.1 Å². The minimum atomic E-state index is -0.271. The molecule has 1 aromatic carbocycles. The Labute approximate surface area is 97.0 Å². The highest BCUT2D eigenvalue weighted by atomic mass is 16.1. The summed E-state index contributed by atoms with van der Waals surface area (Å²) >= 11 is 0. The van der Waals surface area contributed by atoms with Crippen LogP contribution in [0, 0.1) is 13.8 Å². The first-order chi connectivity index (χ1) is 7.56. The van der Waals surface area contributed by atoms with Gasteiger partial charge in [-0.25, -0.2) is 0 Å². The van der Waals surface area contributed by atoms with Crippen molar-refractivity contribution >= 4 is 5.91 Å². The molecule has 0 saturated carbocycles. The van der Waals surface area contributed by atoms with Gasteiger partial charge >= 0.3 is 0 Å². The molecule has 16 heavy (non-hydrogen) atoms. The van der Waals surface area contributed by atoms with Crippen LogP contribution in [0.2, 0.25) is 0 Å². The molecule has 0 saturated heterocycles. The zero-order valence-corrected chi connectivity index (χ0v) is 10.2. The summed E-state index contributed by atoms with van der Waals surface area (Å²) in [5, 5.41) is 3.30. The first-order valence-electron chi connectivity index (χ1n) is 5.64. The Balaban J connectivity index is 3.00. The van der Waals surface area contributed by atoms with Gasteiger partial charge in [-0.15, -0.1) is 0 Å². The number of amides is 1. The molecule has 88 valence electrons. The SMILES string of the molecule is CCNC(CC(N)=O)c1cccc(C)c1C. The van der Waals surface area contributed by atoms with E-state index in [-0.39, 0.29) is 11.9 Å². The summed E-state index contributed by atoms with van der Waals surface area (Å²) < 4.78 is 0. The second-order valence-corrected chi connectivity index (χ2v) is 4.07. The first-order valence-corrected chi connectivity index (χ1v) is 5.64. The number of hydrogen-bond acceptors (Lipinski definition) is 2. The normalized spacial score (nSPS) is 12.4. The summed E-state index contributed by atoms with van der Waals surface area (Å²) in [6.07, 6.45) is 0.345. The van der Waals surface area contributed by atoms with Gasteiger partial charge in [-0.2, -0.15) is 0 Å². The quantitative estimate of drug-likeness (QED) is 0.795. The Morgan fingerprint density at radius 3 is 2.69 bits per heavy atom. The van der Waals surface area contributed by atoms with E-state index < -0.39 is 0 Å². The molecule has 0 aliphatic rings. The lowest BCUT2D eigenvalue weighted by molar-refractivity contribution is -0.118. The molecule has 3 N–H and O–H groups in total. The molecule has 1 amide bonds. The van der Waals surface area contributed by atoms with Gasteiger partial charge in [0, 0.05) is 12.5 Å². The summed E-state index contributed by atoms with van der Waals surface area (Å²) in [5.74, 6) is -0.271. The number of aryl methyl sites for hydroxylation is 1. The fraction of sp³-hybridized carbons (Fsp3) is 0.462. The standard InChI is InChI=1S/C13H20N2O/c1-4-15-12(8-13(14)16)11-7-5-6-9(2)10(11)3/h5-7,12,15H,4,8H2,1-3H3,(H2,14,16). The van der Waals surface area contributed by atoms with Crippen molar-refractivity contribution in [3.8, 4) is 0 Å². The Morgan fingerprint density at radius 1 is 1.44 bits per heavy atom. The number of hydrogen-bond donors (Lipinski definition) is 2. The van der Waals surface area contributed by atoms with Crippen LogP contribution in [0.15, 0.2) is 18.2 Å². The Bertz CT molecular complexity index is 374. The third kappa shape index (κ3) is 3.07. The van der Waals surface area contributed by atoms with Gasteiger partial charge in [0.1, 0.15) is 0 Å². The molecular formula is C13H20N2O. The summed E-state index contributed by atoms with van der Waals surface area (Å²) in [6.45, 7) is 7.01. The van der Waals surface area contributed by atoms with Crippen molar-refractivity contribution in [1.82, 2.24) is 5.32 Å². The van der Waals surface area contributed by atoms with Crippen LogP contribution < -0.4 is 11.1 Å². The maximum atomic E-state index is 11.0. The van der Waals surface area contributed by atoms with E-state index in [9.17, 15) is 4.79 Å². The van der Waals surface area contributed by atoms with E-state index in [1.54, 1.807) is 0 Å². The monoisotopic (exact) mass is 220 g/mol. The molecule has 0 fully saturated rings. The molecule has 0 heterocycles. The number of carbonyl (C=O) groups is 1. The molecule has 1 atom stereocenters. The molecule has 0 bridgehead atoms. The van der Waals surface area contributed by atoms with E-state index in [1.165, 1.54) is 16.7 Å². The van der Waals surface area contributed by atoms with Crippen LogP contribution in [-0.4, -0.2) is 12.5 Å². The summed E-state index contributed by atoms with van der Waals surface area (Å²) in [4.78, 5) is 11.0. The summed E-state index contributed by atoms with van der Waals surface area (Å²) in [7, 11) is 0. The van der Waals surface area contributed by atoms with E-state index >= 15 is 0 Å². The minimum absolute atomic E-state index is 0.0300. The van der Waals surface area contributed by atoms with Gasteiger partial charge in [-0.3, -0.25) is 4.79 Å². The Hall–Kier alpha value is -1.35. The smallest absolute Gasteiger partial charge is 0.219 e.